The highest BCUT2D eigenvalue weighted by atomic mass is 35.5. The number of amides is 2. The van der Waals surface area contributed by atoms with Crippen LogP contribution >= 0.6 is 11.6 Å². The average molecular weight is 429 g/mol. The molecule has 2 aromatic rings. The van der Waals surface area contributed by atoms with Gasteiger partial charge in [-0.25, -0.2) is 0 Å². The zero-order valence-corrected chi connectivity index (χ0v) is 17.6. The van der Waals surface area contributed by atoms with Crippen molar-refractivity contribution >= 4 is 29.1 Å². The molecule has 0 N–H and O–H groups in total. The fourth-order valence-electron chi connectivity index (χ4n) is 3.89. The van der Waals surface area contributed by atoms with Crippen molar-refractivity contribution in [2.45, 2.75) is 12.5 Å². The van der Waals surface area contributed by atoms with Crippen LogP contribution in [0.3, 0.4) is 0 Å². The van der Waals surface area contributed by atoms with Crippen molar-refractivity contribution < 1.29 is 23.8 Å². The van der Waals surface area contributed by atoms with E-state index in [1.807, 2.05) is 18.2 Å². The van der Waals surface area contributed by atoms with E-state index >= 15 is 0 Å². The van der Waals surface area contributed by atoms with Crippen LogP contribution in [0.25, 0.3) is 0 Å². The number of carbonyl (C=O) groups excluding carboxylic acids is 2. The molecule has 0 saturated carbocycles. The molecular formula is C22H21ClN2O5. The molecule has 0 spiro atoms. The lowest BCUT2D eigenvalue weighted by Crippen LogP contribution is -2.52. The first-order valence-corrected chi connectivity index (χ1v) is 9.75. The second-order valence-electron chi connectivity index (χ2n) is 6.95. The van der Waals surface area contributed by atoms with Crippen molar-refractivity contribution in [3.63, 3.8) is 0 Å². The molecule has 2 amide bonds. The van der Waals surface area contributed by atoms with Gasteiger partial charge in [0.25, 0.3) is 0 Å². The second kappa shape index (κ2) is 7.91. The summed E-state index contributed by atoms with van der Waals surface area (Å²) >= 11 is 6.09. The van der Waals surface area contributed by atoms with Crippen LogP contribution in [0.1, 0.15) is 18.0 Å². The summed E-state index contributed by atoms with van der Waals surface area (Å²) in [7, 11) is 4.64. The number of fused-ring (bicyclic) bond motifs is 1. The SMILES string of the molecule is COc1cc(N2CC3=CCC(c4ccc(OC)c(OC)c4)N3C(=O)C2=O)ccc1Cl. The first-order chi connectivity index (χ1) is 14.5. The van der Waals surface area contributed by atoms with Gasteiger partial charge >= 0.3 is 11.8 Å². The van der Waals surface area contributed by atoms with Crippen molar-refractivity contribution in [2.24, 2.45) is 0 Å². The highest BCUT2D eigenvalue weighted by molar-refractivity contribution is 6.42. The van der Waals surface area contributed by atoms with E-state index in [4.69, 9.17) is 25.8 Å². The predicted octanol–water partition coefficient (Wildman–Crippen LogP) is 3.57. The van der Waals surface area contributed by atoms with Crippen molar-refractivity contribution in [2.75, 3.05) is 32.8 Å². The van der Waals surface area contributed by atoms with Gasteiger partial charge in [0.2, 0.25) is 0 Å². The van der Waals surface area contributed by atoms with Gasteiger partial charge in [-0.3, -0.25) is 19.4 Å². The van der Waals surface area contributed by atoms with Gasteiger partial charge in [0.1, 0.15) is 5.75 Å². The van der Waals surface area contributed by atoms with Crippen molar-refractivity contribution in [1.29, 1.82) is 0 Å². The third-order valence-corrected chi connectivity index (χ3v) is 5.72. The maximum atomic E-state index is 13.1. The Morgan fingerprint density at radius 3 is 2.33 bits per heavy atom. The summed E-state index contributed by atoms with van der Waals surface area (Å²) < 4.78 is 15.9. The van der Waals surface area contributed by atoms with E-state index in [1.165, 1.54) is 12.0 Å². The minimum Gasteiger partial charge on any atom is -0.495 e. The van der Waals surface area contributed by atoms with Gasteiger partial charge in [0.15, 0.2) is 11.5 Å². The van der Waals surface area contributed by atoms with E-state index in [-0.39, 0.29) is 6.04 Å². The maximum Gasteiger partial charge on any atom is 0.317 e. The van der Waals surface area contributed by atoms with E-state index in [9.17, 15) is 9.59 Å². The Kier molecular flexibility index (Phi) is 5.30. The molecule has 0 aromatic heterocycles. The first-order valence-electron chi connectivity index (χ1n) is 9.38. The highest BCUT2D eigenvalue weighted by Crippen LogP contribution is 2.41. The number of hydrogen-bond donors (Lipinski definition) is 0. The van der Waals surface area contributed by atoms with E-state index in [0.717, 1.165) is 11.3 Å². The maximum absolute atomic E-state index is 13.1. The molecule has 1 saturated heterocycles. The van der Waals surface area contributed by atoms with Gasteiger partial charge in [0.05, 0.1) is 38.9 Å². The van der Waals surface area contributed by atoms with Crippen LogP contribution in [-0.2, 0) is 9.59 Å². The molecule has 2 aromatic carbocycles. The number of carbonyl (C=O) groups is 2. The number of rotatable bonds is 5. The average Bonchev–Trinajstić information content (AvgIpc) is 3.20. The van der Waals surface area contributed by atoms with Crippen LogP contribution in [0.5, 0.6) is 17.2 Å². The molecular weight excluding hydrogens is 408 g/mol. The van der Waals surface area contributed by atoms with Gasteiger partial charge in [0, 0.05) is 17.5 Å². The molecule has 0 bridgehead atoms. The highest BCUT2D eigenvalue weighted by Gasteiger charge is 2.43. The minimum atomic E-state index is -0.594. The largest absolute Gasteiger partial charge is 0.495 e. The Hall–Kier alpha value is -3.19. The first kappa shape index (κ1) is 20.1. The quantitative estimate of drug-likeness (QED) is 0.681. The predicted molar refractivity (Wildman–Crippen MR) is 112 cm³/mol. The number of piperazine rings is 1. The molecule has 8 heteroatoms. The number of ether oxygens (including phenoxy) is 3. The Bertz CT molecular complexity index is 1050. The summed E-state index contributed by atoms with van der Waals surface area (Å²) in [6.07, 6.45) is 2.60. The monoisotopic (exact) mass is 428 g/mol. The van der Waals surface area contributed by atoms with Crippen LogP contribution < -0.4 is 19.1 Å². The Morgan fingerprint density at radius 2 is 1.63 bits per heavy atom. The van der Waals surface area contributed by atoms with Gasteiger partial charge < -0.3 is 14.2 Å². The molecule has 2 heterocycles. The molecule has 30 heavy (non-hydrogen) atoms. The normalized spacial score (nSPS) is 18.3. The summed E-state index contributed by atoms with van der Waals surface area (Å²) in [6, 6.07) is 10.3. The number of nitrogens with zero attached hydrogens (tertiary/aromatic N) is 2. The van der Waals surface area contributed by atoms with Crippen LogP contribution in [0, 0.1) is 0 Å². The molecule has 0 radical (unpaired) electrons. The molecule has 1 unspecified atom stereocenters. The number of hydrogen-bond acceptors (Lipinski definition) is 5. The summed E-state index contributed by atoms with van der Waals surface area (Å²) in [4.78, 5) is 29.0. The summed E-state index contributed by atoms with van der Waals surface area (Å²) in [5.74, 6) is 0.466. The van der Waals surface area contributed by atoms with Crippen molar-refractivity contribution in [1.82, 2.24) is 4.90 Å². The molecule has 156 valence electrons. The number of halogens is 1. The zero-order chi connectivity index (χ0) is 21.4. The molecule has 4 rings (SSSR count). The van der Waals surface area contributed by atoms with Crippen LogP contribution in [0.4, 0.5) is 5.69 Å². The molecule has 1 atom stereocenters. The van der Waals surface area contributed by atoms with Crippen LogP contribution in [-0.4, -0.2) is 44.6 Å². The van der Waals surface area contributed by atoms with E-state index in [1.54, 1.807) is 43.4 Å². The van der Waals surface area contributed by atoms with Crippen molar-refractivity contribution in [3.05, 3.63) is 58.8 Å². The van der Waals surface area contributed by atoms with Crippen molar-refractivity contribution in [3.8, 4) is 17.2 Å². The van der Waals surface area contributed by atoms with Gasteiger partial charge in [-0.2, -0.15) is 0 Å². The third-order valence-electron chi connectivity index (χ3n) is 5.40. The molecule has 2 aliphatic rings. The summed E-state index contributed by atoms with van der Waals surface area (Å²) in [5, 5.41) is 0.437. The lowest BCUT2D eigenvalue weighted by Gasteiger charge is -2.36. The standard InChI is InChI=1S/C22H21ClN2O5/c1-28-18-9-4-13(10-20(18)30-3)17-8-6-15-12-24(21(26)22(27)25(15)17)14-5-7-16(23)19(11-14)29-2/h4-7,9-11,17H,8,12H2,1-3H3. The summed E-state index contributed by atoms with van der Waals surface area (Å²) in [5.41, 5.74) is 2.22. The second-order valence-corrected chi connectivity index (χ2v) is 7.35. The minimum absolute atomic E-state index is 0.266. The zero-order valence-electron chi connectivity index (χ0n) is 16.8. The fraction of sp³-hybridized carbons (Fsp3) is 0.273. The third kappa shape index (κ3) is 3.25. The van der Waals surface area contributed by atoms with Gasteiger partial charge in [-0.1, -0.05) is 23.7 Å². The number of benzene rings is 2. The Balaban J connectivity index is 1.63. The Labute approximate surface area is 179 Å². The molecule has 7 nitrogen and oxygen atoms in total. The number of anilines is 1. The fourth-order valence-corrected chi connectivity index (χ4v) is 4.08. The number of methoxy groups -OCH3 is 3. The Morgan fingerprint density at radius 1 is 0.900 bits per heavy atom. The van der Waals surface area contributed by atoms with Gasteiger partial charge in [-0.15, -0.1) is 0 Å². The van der Waals surface area contributed by atoms with Crippen LogP contribution in [0.2, 0.25) is 5.02 Å². The molecule has 1 fully saturated rings. The van der Waals surface area contributed by atoms with E-state index in [2.05, 4.69) is 0 Å². The van der Waals surface area contributed by atoms with Crippen LogP contribution in [0.15, 0.2) is 48.2 Å². The topological polar surface area (TPSA) is 68.3 Å². The lowest BCUT2D eigenvalue weighted by atomic mass is 10.0. The lowest BCUT2D eigenvalue weighted by molar-refractivity contribution is -0.145. The smallest absolute Gasteiger partial charge is 0.317 e. The molecule has 0 aliphatic carbocycles. The van der Waals surface area contributed by atoms with Gasteiger partial charge in [-0.05, 0) is 36.2 Å². The molecule has 2 aliphatic heterocycles. The summed E-state index contributed by atoms with van der Waals surface area (Å²) in [6.45, 7) is 0.291. The van der Waals surface area contributed by atoms with E-state index < -0.39 is 11.8 Å². The van der Waals surface area contributed by atoms with E-state index in [0.29, 0.717) is 40.9 Å².